The first-order valence-corrected chi connectivity index (χ1v) is 12.1. The standard InChI is InChI=1S/C21H27BrN2O4S/c1-4-28-19-10-7-17(8-11-19)6-5-13-23-21(25)15-24(29(3,26)27)18-9-12-20(22)16(2)14-18/h7-12,14H,4-6,13,15H2,1-3H3,(H,23,25). The van der Waals surface area contributed by atoms with Crippen molar-refractivity contribution >= 4 is 37.5 Å². The molecule has 1 N–H and O–H groups in total. The number of hydrogen-bond donors (Lipinski definition) is 1. The molecule has 1 amide bonds. The maximum absolute atomic E-state index is 12.3. The molecule has 0 saturated heterocycles. The zero-order valence-electron chi connectivity index (χ0n) is 16.9. The van der Waals surface area contributed by atoms with Crippen LogP contribution in [0.25, 0.3) is 0 Å². The Morgan fingerprint density at radius 3 is 2.45 bits per heavy atom. The number of rotatable bonds is 10. The Labute approximate surface area is 181 Å². The molecule has 0 fully saturated rings. The molecule has 8 heteroatoms. The number of amides is 1. The number of ether oxygens (including phenoxy) is 1. The lowest BCUT2D eigenvalue weighted by atomic mass is 10.1. The number of sulfonamides is 1. The molecule has 0 aliphatic carbocycles. The first kappa shape index (κ1) is 23.2. The van der Waals surface area contributed by atoms with Gasteiger partial charge in [-0.1, -0.05) is 28.1 Å². The van der Waals surface area contributed by atoms with E-state index in [4.69, 9.17) is 4.74 Å². The SMILES string of the molecule is CCOc1ccc(CCCNC(=O)CN(c2ccc(Br)c(C)c2)S(C)(=O)=O)cc1. The van der Waals surface area contributed by atoms with Gasteiger partial charge in [0.25, 0.3) is 0 Å². The fourth-order valence-corrected chi connectivity index (χ4v) is 3.90. The lowest BCUT2D eigenvalue weighted by Crippen LogP contribution is -2.40. The number of carbonyl (C=O) groups is 1. The lowest BCUT2D eigenvalue weighted by Gasteiger charge is -2.22. The summed E-state index contributed by atoms with van der Waals surface area (Å²) in [6.07, 6.45) is 2.67. The first-order valence-electron chi connectivity index (χ1n) is 9.43. The van der Waals surface area contributed by atoms with E-state index in [2.05, 4.69) is 21.2 Å². The Hall–Kier alpha value is -2.06. The molecule has 0 atom stereocenters. The van der Waals surface area contributed by atoms with Gasteiger partial charge in [0.15, 0.2) is 0 Å². The molecule has 0 aliphatic heterocycles. The van der Waals surface area contributed by atoms with E-state index in [0.717, 1.165) is 44.8 Å². The predicted octanol–water partition coefficient (Wildman–Crippen LogP) is 3.67. The average molecular weight is 483 g/mol. The summed E-state index contributed by atoms with van der Waals surface area (Å²) in [4.78, 5) is 12.3. The summed E-state index contributed by atoms with van der Waals surface area (Å²) in [5.41, 5.74) is 2.52. The first-order chi connectivity index (χ1) is 13.7. The Balaban J connectivity index is 1.87. The zero-order chi connectivity index (χ0) is 21.4. The van der Waals surface area contributed by atoms with E-state index >= 15 is 0 Å². The van der Waals surface area contributed by atoms with Crippen LogP contribution in [0.4, 0.5) is 5.69 Å². The summed E-state index contributed by atoms with van der Waals surface area (Å²) in [6.45, 7) is 4.68. The third-order valence-electron chi connectivity index (χ3n) is 4.32. The van der Waals surface area contributed by atoms with Gasteiger partial charge in [0.2, 0.25) is 15.9 Å². The molecule has 0 bridgehead atoms. The summed E-state index contributed by atoms with van der Waals surface area (Å²) in [5, 5.41) is 2.80. The molecule has 2 aromatic carbocycles. The molecule has 2 aromatic rings. The van der Waals surface area contributed by atoms with E-state index in [1.165, 1.54) is 0 Å². The number of aryl methyl sites for hydroxylation is 2. The minimum Gasteiger partial charge on any atom is -0.494 e. The number of nitrogens with zero attached hydrogens (tertiary/aromatic N) is 1. The summed E-state index contributed by atoms with van der Waals surface area (Å²) >= 11 is 3.40. The van der Waals surface area contributed by atoms with Crippen molar-refractivity contribution in [2.24, 2.45) is 0 Å². The van der Waals surface area contributed by atoms with Gasteiger partial charge < -0.3 is 10.1 Å². The zero-order valence-corrected chi connectivity index (χ0v) is 19.3. The van der Waals surface area contributed by atoms with Crippen molar-refractivity contribution in [2.75, 3.05) is 30.3 Å². The number of carbonyl (C=O) groups excluding carboxylic acids is 1. The molecule has 0 spiro atoms. The van der Waals surface area contributed by atoms with Gasteiger partial charge in [-0.2, -0.15) is 0 Å². The molecule has 0 aliphatic rings. The van der Waals surface area contributed by atoms with Crippen LogP contribution in [0.2, 0.25) is 0 Å². The van der Waals surface area contributed by atoms with Gasteiger partial charge in [0.1, 0.15) is 12.3 Å². The van der Waals surface area contributed by atoms with Gasteiger partial charge in [-0.25, -0.2) is 8.42 Å². The number of benzene rings is 2. The van der Waals surface area contributed by atoms with Crippen LogP contribution in [0.15, 0.2) is 46.9 Å². The summed E-state index contributed by atoms with van der Waals surface area (Å²) in [7, 11) is -3.58. The van der Waals surface area contributed by atoms with Crippen molar-refractivity contribution in [3.05, 3.63) is 58.1 Å². The van der Waals surface area contributed by atoms with Crippen LogP contribution in [0.1, 0.15) is 24.5 Å². The number of anilines is 1. The third-order valence-corrected chi connectivity index (χ3v) is 6.35. The Bertz CT molecular complexity index is 930. The molecule has 0 heterocycles. The van der Waals surface area contributed by atoms with E-state index in [9.17, 15) is 13.2 Å². The molecule has 158 valence electrons. The minimum atomic E-state index is -3.58. The van der Waals surface area contributed by atoms with Crippen LogP contribution in [0, 0.1) is 6.92 Å². The number of nitrogens with one attached hydrogen (secondary N) is 1. The quantitative estimate of drug-likeness (QED) is 0.524. The van der Waals surface area contributed by atoms with Gasteiger partial charge in [0.05, 0.1) is 18.6 Å². The van der Waals surface area contributed by atoms with Gasteiger partial charge in [-0.05, 0) is 68.1 Å². The fourth-order valence-electron chi connectivity index (χ4n) is 2.81. The van der Waals surface area contributed by atoms with Crippen LogP contribution in [0.5, 0.6) is 5.75 Å². The number of hydrogen-bond acceptors (Lipinski definition) is 4. The van der Waals surface area contributed by atoms with Crippen LogP contribution in [-0.2, 0) is 21.2 Å². The molecule has 29 heavy (non-hydrogen) atoms. The van der Waals surface area contributed by atoms with E-state index < -0.39 is 10.0 Å². The average Bonchev–Trinajstić information content (AvgIpc) is 2.66. The predicted molar refractivity (Wildman–Crippen MR) is 120 cm³/mol. The highest BCUT2D eigenvalue weighted by atomic mass is 79.9. The van der Waals surface area contributed by atoms with Gasteiger partial charge in [0, 0.05) is 11.0 Å². The van der Waals surface area contributed by atoms with Gasteiger partial charge in [-0.3, -0.25) is 9.10 Å². The Morgan fingerprint density at radius 1 is 1.17 bits per heavy atom. The van der Waals surface area contributed by atoms with E-state index in [1.54, 1.807) is 18.2 Å². The maximum Gasteiger partial charge on any atom is 0.240 e. The highest BCUT2D eigenvalue weighted by Gasteiger charge is 2.21. The van der Waals surface area contributed by atoms with E-state index in [1.807, 2.05) is 38.1 Å². The molecule has 6 nitrogen and oxygen atoms in total. The van der Waals surface area contributed by atoms with Crippen LogP contribution >= 0.6 is 15.9 Å². The summed E-state index contributed by atoms with van der Waals surface area (Å²) < 4.78 is 31.8. The normalized spacial score (nSPS) is 11.2. The monoisotopic (exact) mass is 482 g/mol. The fraction of sp³-hybridized carbons (Fsp3) is 0.381. The minimum absolute atomic E-state index is 0.247. The summed E-state index contributed by atoms with van der Waals surface area (Å²) in [6, 6.07) is 13.1. The molecular formula is C21H27BrN2O4S. The second-order valence-corrected chi connectivity index (χ2v) is 9.49. The smallest absolute Gasteiger partial charge is 0.240 e. The Morgan fingerprint density at radius 2 is 1.86 bits per heavy atom. The largest absolute Gasteiger partial charge is 0.494 e. The van der Waals surface area contributed by atoms with Crippen molar-refractivity contribution in [3.63, 3.8) is 0 Å². The topological polar surface area (TPSA) is 75.7 Å². The second kappa shape index (κ2) is 10.6. The van der Waals surface area contributed by atoms with Gasteiger partial charge in [-0.15, -0.1) is 0 Å². The molecule has 2 rings (SSSR count). The molecular weight excluding hydrogens is 456 g/mol. The van der Waals surface area contributed by atoms with Crippen molar-refractivity contribution in [1.29, 1.82) is 0 Å². The van der Waals surface area contributed by atoms with Crippen molar-refractivity contribution < 1.29 is 17.9 Å². The highest BCUT2D eigenvalue weighted by Crippen LogP contribution is 2.24. The molecule has 0 saturated carbocycles. The van der Waals surface area contributed by atoms with Crippen LogP contribution in [-0.4, -0.2) is 40.3 Å². The van der Waals surface area contributed by atoms with Crippen LogP contribution < -0.4 is 14.4 Å². The number of halogens is 1. The van der Waals surface area contributed by atoms with Crippen molar-refractivity contribution in [3.8, 4) is 5.75 Å². The molecule has 0 radical (unpaired) electrons. The molecule has 0 aromatic heterocycles. The van der Waals surface area contributed by atoms with Gasteiger partial charge >= 0.3 is 0 Å². The van der Waals surface area contributed by atoms with Crippen molar-refractivity contribution in [1.82, 2.24) is 5.32 Å². The van der Waals surface area contributed by atoms with E-state index in [-0.39, 0.29) is 12.5 Å². The summed E-state index contributed by atoms with van der Waals surface area (Å²) in [5.74, 6) is 0.510. The molecule has 0 unspecified atom stereocenters. The van der Waals surface area contributed by atoms with Crippen LogP contribution in [0.3, 0.4) is 0 Å². The Kier molecular flexibility index (Phi) is 8.52. The lowest BCUT2D eigenvalue weighted by molar-refractivity contribution is -0.119. The second-order valence-electron chi connectivity index (χ2n) is 6.73. The third kappa shape index (κ3) is 7.36. The highest BCUT2D eigenvalue weighted by molar-refractivity contribution is 9.10. The maximum atomic E-state index is 12.3. The van der Waals surface area contributed by atoms with E-state index in [0.29, 0.717) is 18.8 Å². The van der Waals surface area contributed by atoms with Crippen molar-refractivity contribution in [2.45, 2.75) is 26.7 Å².